The first-order valence-corrected chi connectivity index (χ1v) is 7.47. The largest absolute Gasteiger partial charge is 0.504 e. The topological polar surface area (TPSA) is 74.0 Å². The second kappa shape index (κ2) is 7.30. The van der Waals surface area contributed by atoms with Crippen LogP contribution in [0.25, 0.3) is 22.6 Å². The Morgan fingerprint density at radius 1 is 1.00 bits per heavy atom. The molecule has 0 spiro atoms. The molecule has 0 aliphatic carbocycles. The lowest BCUT2D eigenvalue weighted by atomic mass is 10.0. The summed E-state index contributed by atoms with van der Waals surface area (Å²) in [6.45, 7) is -3.03. The molecule has 0 saturated carbocycles. The van der Waals surface area contributed by atoms with Crippen LogP contribution < -0.4 is 14.2 Å². The Labute approximate surface area is 147 Å². The third-order valence-corrected chi connectivity index (χ3v) is 3.63. The summed E-state index contributed by atoms with van der Waals surface area (Å²) >= 11 is 0. The van der Waals surface area contributed by atoms with Crippen molar-refractivity contribution in [2.75, 3.05) is 14.2 Å². The Hall–Kier alpha value is -3.29. The molecule has 0 atom stereocenters. The molecule has 2 aromatic carbocycles. The van der Waals surface area contributed by atoms with E-state index in [2.05, 4.69) is 9.72 Å². The minimum Gasteiger partial charge on any atom is -0.504 e. The summed E-state index contributed by atoms with van der Waals surface area (Å²) in [7, 11) is 3.06. The molecular formula is C18H15F2NO5. The summed E-state index contributed by atoms with van der Waals surface area (Å²) in [5.41, 5.74) is 1.58. The number of hydrogen-bond acceptors (Lipinski definition) is 6. The molecule has 26 heavy (non-hydrogen) atoms. The van der Waals surface area contributed by atoms with E-state index in [-0.39, 0.29) is 5.75 Å². The second-order valence-electron chi connectivity index (χ2n) is 5.19. The minimum atomic E-state index is -3.03. The zero-order valence-electron chi connectivity index (χ0n) is 13.9. The number of methoxy groups -OCH3 is 2. The Morgan fingerprint density at radius 2 is 1.69 bits per heavy atom. The molecule has 0 aliphatic heterocycles. The van der Waals surface area contributed by atoms with Crippen molar-refractivity contribution in [3.8, 4) is 45.6 Å². The number of phenolic OH excluding ortho intramolecular Hbond substituents is 1. The first kappa shape index (κ1) is 17.5. The van der Waals surface area contributed by atoms with Gasteiger partial charge in [0.2, 0.25) is 0 Å². The van der Waals surface area contributed by atoms with Gasteiger partial charge in [-0.3, -0.25) is 0 Å². The Kier molecular flexibility index (Phi) is 4.92. The Bertz CT molecular complexity index is 888. The van der Waals surface area contributed by atoms with Crippen molar-refractivity contribution >= 4 is 0 Å². The number of benzene rings is 2. The maximum absolute atomic E-state index is 12.3. The van der Waals surface area contributed by atoms with E-state index in [1.54, 1.807) is 18.2 Å². The quantitative estimate of drug-likeness (QED) is 0.703. The van der Waals surface area contributed by atoms with Crippen LogP contribution in [0.4, 0.5) is 8.78 Å². The highest BCUT2D eigenvalue weighted by Gasteiger charge is 2.17. The predicted octanol–water partition coefficient (Wildman–Crippen LogP) is 4.33. The summed E-state index contributed by atoms with van der Waals surface area (Å²) in [4.78, 5) is 4.20. The lowest BCUT2D eigenvalue weighted by Crippen LogP contribution is -2.01. The number of halogens is 2. The highest BCUT2D eigenvalue weighted by molar-refractivity contribution is 5.79. The fraction of sp³-hybridized carbons (Fsp3) is 0.167. The molecule has 0 saturated heterocycles. The normalized spacial score (nSPS) is 10.8. The van der Waals surface area contributed by atoms with Gasteiger partial charge in [-0.05, 0) is 30.3 Å². The van der Waals surface area contributed by atoms with Crippen LogP contribution >= 0.6 is 0 Å². The third kappa shape index (κ3) is 3.53. The first-order chi connectivity index (χ1) is 12.5. The van der Waals surface area contributed by atoms with E-state index in [0.717, 1.165) is 0 Å². The van der Waals surface area contributed by atoms with E-state index >= 15 is 0 Å². The molecule has 1 N–H and O–H groups in total. The van der Waals surface area contributed by atoms with Crippen molar-refractivity contribution in [2.24, 2.45) is 0 Å². The number of aromatic hydroxyl groups is 1. The van der Waals surface area contributed by atoms with E-state index in [9.17, 15) is 13.9 Å². The zero-order chi connectivity index (χ0) is 18.7. The van der Waals surface area contributed by atoms with E-state index in [1.165, 1.54) is 38.8 Å². The smallest absolute Gasteiger partial charge is 0.387 e. The molecule has 136 valence electrons. The predicted molar refractivity (Wildman–Crippen MR) is 88.8 cm³/mol. The van der Waals surface area contributed by atoms with Crippen LogP contribution in [0.3, 0.4) is 0 Å². The minimum absolute atomic E-state index is 0.326. The SMILES string of the molecule is COc1cc(OC)cc(-c2ncoc2-c2ccc(OC(F)F)c(O)c2)c1. The summed E-state index contributed by atoms with van der Waals surface area (Å²) < 4.78 is 44.8. The van der Waals surface area contributed by atoms with E-state index < -0.39 is 12.4 Å². The van der Waals surface area contributed by atoms with E-state index in [1.807, 2.05) is 0 Å². The van der Waals surface area contributed by atoms with Crippen molar-refractivity contribution in [3.63, 3.8) is 0 Å². The van der Waals surface area contributed by atoms with Gasteiger partial charge in [0.15, 0.2) is 23.7 Å². The highest BCUT2D eigenvalue weighted by atomic mass is 19.3. The van der Waals surface area contributed by atoms with Gasteiger partial charge in [0.1, 0.15) is 17.2 Å². The molecule has 6 nitrogen and oxygen atoms in total. The molecule has 3 rings (SSSR count). The molecule has 1 aromatic heterocycles. The molecule has 0 radical (unpaired) electrons. The van der Waals surface area contributed by atoms with Crippen LogP contribution in [0.5, 0.6) is 23.0 Å². The summed E-state index contributed by atoms with van der Waals surface area (Å²) in [6.07, 6.45) is 1.25. The molecule has 0 fully saturated rings. The van der Waals surface area contributed by atoms with Crippen LogP contribution in [0.2, 0.25) is 0 Å². The van der Waals surface area contributed by atoms with Crippen LogP contribution in [0.15, 0.2) is 47.2 Å². The van der Waals surface area contributed by atoms with Gasteiger partial charge in [-0.2, -0.15) is 8.78 Å². The molecule has 1 heterocycles. The number of rotatable bonds is 6. The van der Waals surface area contributed by atoms with E-state index in [0.29, 0.717) is 34.1 Å². The molecule has 3 aromatic rings. The fourth-order valence-corrected chi connectivity index (χ4v) is 2.46. The van der Waals surface area contributed by atoms with Crippen molar-refractivity contribution in [3.05, 3.63) is 42.8 Å². The molecule has 0 aliphatic rings. The number of aromatic nitrogens is 1. The average molecular weight is 363 g/mol. The summed E-state index contributed by atoms with van der Waals surface area (Å²) in [6, 6.07) is 9.19. The van der Waals surface area contributed by atoms with Crippen molar-refractivity contribution in [1.29, 1.82) is 0 Å². The van der Waals surface area contributed by atoms with Gasteiger partial charge in [0.05, 0.1) is 14.2 Å². The molecule has 8 heteroatoms. The number of oxazole rings is 1. The van der Waals surface area contributed by atoms with Crippen molar-refractivity contribution in [1.82, 2.24) is 4.98 Å². The number of ether oxygens (including phenoxy) is 3. The summed E-state index contributed by atoms with van der Waals surface area (Å²) in [5, 5.41) is 9.90. The van der Waals surface area contributed by atoms with Crippen LogP contribution in [-0.4, -0.2) is 30.9 Å². The molecular weight excluding hydrogens is 348 g/mol. The number of alkyl halides is 2. The molecule has 0 unspecified atom stereocenters. The van der Waals surface area contributed by atoms with Gasteiger partial charge in [0.25, 0.3) is 0 Å². The number of phenols is 1. The van der Waals surface area contributed by atoms with Crippen molar-refractivity contribution in [2.45, 2.75) is 6.61 Å². The summed E-state index contributed by atoms with van der Waals surface area (Å²) in [5.74, 6) is 0.717. The fourth-order valence-electron chi connectivity index (χ4n) is 2.46. The maximum Gasteiger partial charge on any atom is 0.387 e. The van der Waals surface area contributed by atoms with Gasteiger partial charge in [-0.25, -0.2) is 4.98 Å². The van der Waals surface area contributed by atoms with Gasteiger partial charge >= 0.3 is 6.61 Å². The van der Waals surface area contributed by atoms with Gasteiger partial charge in [0, 0.05) is 17.2 Å². The zero-order valence-corrected chi connectivity index (χ0v) is 13.9. The van der Waals surface area contributed by atoms with Gasteiger partial charge < -0.3 is 23.7 Å². The Morgan fingerprint density at radius 3 is 2.27 bits per heavy atom. The first-order valence-electron chi connectivity index (χ1n) is 7.47. The van der Waals surface area contributed by atoms with Gasteiger partial charge in [-0.15, -0.1) is 0 Å². The third-order valence-electron chi connectivity index (χ3n) is 3.63. The van der Waals surface area contributed by atoms with Gasteiger partial charge in [-0.1, -0.05) is 0 Å². The lowest BCUT2D eigenvalue weighted by molar-refractivity contribution is -0.0512. The lowest BCUT2D eigenvalue weighted by Gasteiger charge is -2.09. The molecule has 0 amide bonds. The average Bonchev–Trinajstić information content (AvgIpc) is 3.12. The van der Waals surface area contributed by atoms with Crippen LogP contribution in [-0.2, 0) is 0 Å². The maximum atomic E-state index is 12.3. The van der Waals surface area contributed by atoms with Crippen LogP contribution in [0, 0.1) is 0 Å². The van der Waals surface area contributed by atoms with E-state index in [4.69, 9.17) is 13.9 Å². The monoisotopic (exact) mass is 363 g/mol. The second-order valence-corrected chi connectivity index (χ2v) is 5.19. The molecule has 0 bridgehead atoms. The standard InChI is InChI=1S/C18H15F2NO5/c1-23-12-5-11(6-13(8-12)24-2)16-17(25-9-21-16)10-3-4-15(14(22)7-10)26-18(19)20/h3-9,18,22H,1-2H3. The highest BCUT2D eigenvalue weighted by Crippen LogP contribution is 2.38. The number of nitrogens with zero attached hydrogens (tertiary/aromatic N) is 1. The van der Waals surface area contributed by atoms with Crippen molar-refractivity contribution < 1.29 is 32.5 Å². The van der Waals surface area contributed by atoms with Crippen LogP contribution in [0.1, 0.15) is 0 Å². The number of hydrogen-bond donors (Lipinski definition) is 1. The Balaban J connectivity index is 2.03.